The van der Waals surface area contributed by atoms with Gasteiger partial charge in [0.15, 0.2) is 5.96 Å². The number of rotatable bonds is 8. The standard InChI is InChI=1S/C19H36N6O/c1-9-20-17(26)19(6,7)12-22-18(21-10-2)23-13(3)11-16-14(4)24-25(8)15(16)5/h13H,9-12H2,1-8H3,(H,20,26)(H2,21,22,23). The van der Waals surface area contributed by atoms with Crippen LogP contribution in [0.3, 0.4) is 0 Å². The van der Waals surface area contributed by atoms with Gasteiger partial charge in [-0.2, -0.15) is 5.10 Å². The van der Waals surface area contributed by atoms with Gasteiger partial charge in [-0.3, -0.25) is 14.5 Å². The van der Waals surface area contributed by atoms with Crippen molar-refractivity contribution in [2.75, 3.05) is 19.6 Å². The summed E-state index contributed by atoms with van der Waals surface area (Å²) in [6.07, 6.45) is 0.871. The van der Waals surface area contributed by atoms with Crippen LogP contribution >= 0.6 is 0 Å². The number of nitrogens with one attached hydrogen (secondary N) is 3. The molecule has 0 aliphatic heterocycles. The van der Waals surface area contributed by atoms with Crippen LogP contribution in [0.25, 0.3) is 0 Å². The maximum absolute atomic E-state index is 12.1. The van der Waals surface area contributed by atoms with Crippen molar-refractivity contribution in [2.24, 2.45) is 17.5 Å². The van der Waals surface area contributed by atoms with Crippen LogP contribution in [0.4, 0.5) is 0 Å². The number of guanidine groups is 1. The number of aliphatic imine (C=N–C) groups is 1. The zero-order chi connectivity index (χ0) is 19.9. The molecule has 0 aliphatic rings. The minimum absolute atomic E-state index is 0.0225. The van der Waals surface area contributed by atoms with E-state index in [0.717, 1.165) is 24.6 Å². The molecule has 7 nitrogen and oxygen atoms in total. The van der Waals surface area contributed by atoms with Crippen LogP contribution < -0.4 is 16.0 Å². The molecule has 0 aromatic carbocycles. The van der Waals surface area contributed by atoms with Gasteiger partial charge < -0.3 is 16.0 Å². The molecular formula is C19H36N6O. The highest BCUT2D eigenvalue weighted by atomic mass is 16.2. The van der Waals surface area contributed by atoms with Gasteiger partial charge in [0.05, 0.1) is 17.7 Å². The Morgan fingerprint density at radius 1 is 1.23 bits per heavy atom. The van der Waals surface area contributed by atoms with Crippen LogP contribution in [0.5, 0.6) is 0 Å². The summed E-state index contributed by atoms with van der Waals surface area (Å²) in [5, 5.41) is 14.1. The Labute approximate surface area is 158 Å². The van der Waals surface area contributed by atoms with Gasteiger partial charge >= 0.3 is 0 Å². The summed E-state index contributed by atoms with van der Waals surface area (Å²) in [7, 11) is 1.97. The number of amides is 1. The van der Waals surface area contributed by atoms with E-state index in [0.29, 0.717) is 13.1 Å². The molecule has 1 unspecified atom stereocenters. The number of carbonyl (C=O) groups excluding carboxylic acids is 1. The number of hydrogen-bond acceptors (Lipinski definition) is 3. The largest absolute Gasteiger partial charge is 0.357 e. The number of aryl methyl sites for hydroxylation is 2. The van der Waals surface area contributed by atoms with Gasteiger partial charge in [0, 0.05) is 31.9 Å². The first-order valence-electron chi connectivity index (χ1n) is 9.44. The first-order valence-corrected chi connectivity index (χ1v) is 9.44. The van der Waals surface area contributed by atoms with Crippen LogP contribution in [0.15, 0.2) is 4.99 Å². The van der Waals surface area contributed by atoms with E-state index in [-0.39, 0.29) is 11.9 Å². The van der Waals surface area contributed by atoms with Gasteiger partial charge in [-0.05, 0) is 60.5 Å². The molecule has 0 radical (unpaired) electrons. The van der Waals surface area contributed by atoms with Crippen LogP contribution in [0, 0.1) is 19.3 Å². The number of nitrogens with zero attached hydrogens (tertiary/aromatic N) is 3. The van der Waals surface area contributed by atoms with Crippen molar-refractivity contribution in [1.82, 2.24) is 25.7 Å². The summed E-state index contributed by atoms with van der Waals surface area (Å²) in [6, 6.07) is 0.196. The van der Waals surface area contributed by atoms with Gasteiger partial charge in [-0.15, -0.1) is 0 Å². The number of hydrogen-bond donors (Lipinski definition) is 3. The van der Waals surface area contributed by atoms with Crippen molar-refractivity contribution in [3.8, 4) is 0 Å². The van der Waals surface area contributed by atoms with E-state index in [4.69, 9.17) is 0 Å². The van der Waals surface area contributed by atoms with E-state index >= 15 is 0 Å². The summed E-state index contributed by atoms with van der Waals surface area (Å²) < 4.78 is 1.92. The Bertz CT molecular complexity index is 632. The molecule has 26 heavy (non-hydrogen) atoms. The van der Waals surface area contributed by atoms with E-state index < -0.39 is 5.41 Å². The zero-order valence-electron chi connectivity index (χ0n) is 17.7. The average molecular weight is 365 g/mol. The van der Waals surface area contributed by atoms with Gasteiger partial charge in [-0.1, -0.05) is 0 Å². The highest BCUT2D eigenvalue weighted by Gasteiger charge is 2.27. The molecule has 7 heteroatoms. The highest BCUT2D eigenvalue weighted by molar-refractivity contribution is 5.83. The lowest BCUT2D eigenvalue weighted by Crippen LogP contribution is -2.45. The minimum atomic E-state index is -0.544. The average Bonchev–Trinajstić information content (AvgIpc) is 2.79. The predicted octanol–water partition coefficient (Wildman–Crippen LogP) is 1.69. The Hall–Kier alpha value is -2.05. The van der Waals surface area contributed by atoms with Crippen molar-refractivity contribution < 1.29 is 4.79 Å². The smallest absolute Gasteiger partial charge is 0.227 e. The van der Waals surface area contributed by atoms with Crippen LogP contribution in [-0.4, -0.2) is 47.3 Å². The normalized spacial score (nSPS) is 13.5. The molecule has 0 saturated carbocycles. The molecular weight excluding hydrogens is 328 g/mol. The lowest BCUT2D eigenvalue weighted by atomic mass is 9.92. The topological polar surface area (TPSA) is 83.3 Å². The molecule has 0 saturated heterocycles. The summed E-state index contributed by atoms with van der Waals surface area (Å²) in [5.41, 5.74) is 2.98. The maximum atomic E-state index is 12.1. The Morgan fingerprint density at radius 2 is 1.85 bits per heavy atom. The SMILES string of the molecule is CCNC(=O)C(C)(C)CN=C(NCC)NC(C)Cc1c(C)nn(C)c1C. The molecule has 0 bridgehead atoms. The second-order valence-corrected chi connectivity index (χ2v) is 7.46. The molecule has 3 N–H and O–H groups in total. The Balaban J connectivity index is 2.78. The molecule has 1 aromatic heterocycles. The third-order valence-electron chi connectivity index (χ3n) is 4.48. The zero-order valence-corrected chi connectivity index (χ0v) is 17.7. The second kappa shape index (κ2) is 9.59. The van der Waals surface area contributed by atoms with E-state index in [2.05, 4.69) is 39.9 Å². The molecule has 148 valence electrons. The molecule has 0 aliphatic carbocycles. The van der Waals surface area contributed by atoms with Crippen molar-refractivity contribution in [3.05, 3.63) is 17.0 Å². The third kappa shape index (κ3) is 6.04. The van der Waals surface area contributed by atoms with Crippen molar-refractivity contribution in [2.45, 2.75) is 60.9 Å². The lowest BCUT2D eigenvalue weighted by molar-refractivity contribution is -0.128. The first-order chi connectivity index (χ1) is 12.1. The molecule has 1 heterocycles. The number of carbonyl (C=O) groups is 1. The van der Waals surface area contributed by atoms with E-state index in [9.17, 15) is 4.79 Å². The van der Waals surface area contributed by atoms with Gasteiger partial charge in [0.2, 0.25) is 5.91 Å². The van der Waals surface area contributed by atoms with Crippen molar-refractivity contribution >= 4 is 11.9 Å². The number of aromatic nitrogens is 2. The fourth-order valence-corrected chi connectivity index (χ4v) is 2.77. The Morgan fingerprint density at radius 3 is 2.35 bits per heavy atom. The fraction of sp³-hybridized carbons (Fsp3) is 0.737. The second-order valence-electron chi connectivity index (χ2n) is 7.46. The van der Waals surface area contributed by atoms with Gasteiger partial charge in [-0.25, -0.2) is 0 Å². The van der Waals surface area contributed by atoms with E-state index in [1.807, 2.05) is 46.3 Å². The van der Waals surface area contributed by atoms with E-state index in [1.165, 1.54) is 11.3 Å². The third-order valence-corrected chi connectivity index (χ3v) is 4.48. The maximum Gasteiger partial charge on any atom is 0.227 e. The van der Waals surface area contributed by atoms with Gasteiger partial charge in [0.25, 0.3) is 0 Å². The molecule has 0 fully saturated rings. The van der Waals surface area contributed by atoms with Crippen LogP contribution in [0.2, 0.25) is 0 Å². The minimum Gasteiger partial charge on any atom is -0.357 e. The quantitative estimate of drug-likeness (QED) is 0.484. The van der Waals surface area contributed by atoms with E-state index in [1.54, 1.807) is 0 Å². The lowest BCUT2D eigenvalue weighted by Gasteiger charge is -2.23. The van der Waals surface area contributed by atoms with Gasteiger partial charge in [0.1, 0.15) is 0 Å². The molecule has 1 rings (SSSR count). The molecule has 0 spiro atoms. The fourth-order valence-electron chi connectivity index (χ4n) is 2.77. The monoisotopic (exact) mass is 364 g/mol. The summed E-state index contributed by atoms with van der Waals surface area (Å²) in [5.74, 6) is 0.755. The molecule has 1 amide bonds. The first kappa shape index (κ1) is 22.0. The van der Waals surface area contributed by atoms with Crippen LogP contribution in [0.1, 0.15) is 51.6 Å². The van der Waals surface area contributed by atoms with Crippen LogP contribution in [-0.2, 0) is 18.3 Å². The summed E-state index contributed by atoms with van der Waals surface area (Å²) in [4.78, 5) is 16.8. The summed E-state index contributed by atoms with van der Waals surface area (Å²) in [6.45, 7) is 15.9. The predicted molar refractivity (Wildman–Crippen MR) is 107 cm³/mol. The molecule has 1 aromatic rings. The van der Waals surface area contributed by atoms with Crippen molar-refractivity contribution in [1.29, 1.82) is 0 Å². The summed E-state index contributed by atoms with van der Waals surface area (Å²) >= 11 is 0. The molecule has 1 atom stereocenters. The highest BCUT2D eigenvalue weighted by Crippen LogP contribution is 2.16. The Kier molecular flexibility index (Phi) is 8.11. The van der Waals surface area contributed by atoms with Crippen molar-refractivity contribution in [3.63, 3.8) is 0 Å².